The Morgan fingerprint density at radius 1 is 0.714 bits per heavy atom. The third-order valence-electron chi connectivity index (χ3n) is 18.9. The molecule has 22 atom stereocenters. The van der Waals surface area contributed by atoms with Crippen LogP contribution in [0.2, 0.25) is 0 Å². The quantitative estimate of drug-likeness (QED) is 0.100. The first-order valence-corrected chi connectivity index (χ1v) is 23.6. The van der Waals surface area contributed by atoms with Gasteiger partial charge in [-0.3, -0.25) is 4.79 Å². The zero-order valence-corrected chi connectivity index (χ0v) is 38.3. The number of rotatable bonds is 7. The van der Waals surface area contributed by atoms with Crippen molar-refractivity contribution in [3.05, 3.63) is 11.6 Å². The van der Waals surface area contributed by atoms with E-state index in [4.69, 9.17) is 28.4 Å². The third kappa shape index (κ3) is 7.51. The number of hydrogen-bond acceptors (Lipinski definition) is 16. The van der Waals surface area contributed by atoms with E-state index in [1.807, 2.05) is 0 Å². The van der Waals surface area contributed by atoms with Crippen LogP contribution in [0.4, 0.5) is 0 Å². The lowest BCUT2D eigenvalue weighted by Gasteiger charge is -2.71. The minimum Gasteiger partial charge on any atom is -0.432 e. The molecule has 0 radical (unpaired) electrons. The van der Waals surface area contributed by atoms with Crippen molar-refractivity contribution >= 4 is 5.97 Å². The molecule has 0 aromatic rings. The van der Waals surface area contributed by atoms with Crippen LogP contribution in [0.15, 0.2) is 11.6 Å². The van der Waals surface area contributed by atoms with Gasteiger partial charge in [0.1, 0.15) is 61.0 Å². The second-order valence-corrected chi connectivity index (χ2v) is 23.0. The van der Waals surface area contributed by atoms with E-state index in [0.717, 1.165) is 44.9 Å². The van der Waals surface area contributed by atoms with Gasteiger partial charge in [0, 0.05) is 0 Å². The van der Waals surface area contributed by atoms with Crippen molar-refractivity contribution in [1.29, 1.82) is 0 Å². The average molecular weight is 897 g/mol. The average Bonchev–Trinajstić information content (AvgIpc) is 3.22. The van der Waals surface area contributed by atoms with Crippen LogP contribution in [0.1, 0.15) is 120 Å². The first kappa shape index (κ1) is 48.1. The molecule has 7 fully saturated rings. The fraction of sp³-hybridized carbons (Fsp3) is 0.936. The zero-order valence-electron chi connectivity index (χ0n) is 38.3. The number of ether oxygens (including phenoxy) is 6. The van der Waals surface area contributed by atoms with E-state index in [0.29, 0.717) is 25.2 Å². The monoisotopic (exact) mass is 897 g/mol. The van der Waals surface area contributed by atoms with Crippen LogP contribution in [0.25, 0.3) is 0 Å². The Balaban J connectivity index is 1.04. The standard InChI is InChI=1S/C47H76O16/c1-22-30(50)33(53)36(56)39(59-22)63-41(57)47-17-15-42(2,3)19-24(47)23-9-10-28-44(6)13-12-29(43(4,5)27(44)11-14-46(28,8)45(23,7)16-18-47)61-40-37(34(54)32(52)26(20-48)60-40)62-38-35(55)31(51)25(49)21-58-38/h9,22,24-40,48-56H,10-21H2,1-8H3/t22-,24-,25+,26+,27-,28+,29-,30-,31-,32+,33+,34-,35+,36+,37+,38-,39-,40-,44-,45+,46+,47-/m0/s1. The summed E-state index contributed by atoms with van der Waals surface area (Å²) >= 11 is 0. The van der Waals surface area contributed by atoms with E-state index in [9.17, 15) is 50.8 Å². The zero-order chi connectivity index (χ0) is 46.0. The summed E-state index contributed by atoms with van der Waals surface area (Å²) in [4.78, 5) is 14.6. The molecular weight excluding hydrogens is 821 g/mol. The predicted molar refractivity (Wildman–Crippen MR) is 223 cm³/mol. The van der Waals surface area contributed by atoms with Crippen LogP contribution in [-0.2, 0) is 33.2 Å². The molecular formula is C47H76O16. The molecule has 0 spiro atoms. The summed E-state index contributed by atoms with van der Waals surface area (Å²) in [6.07, 6.45) is -9.58. The summed E-state index contributed by atoms with van der Waals surface area (Å²) in [5, 5.41) is 95.0. The molecule has 9 N–H and O–H groups in total. The van der Waals surface area contributed by atoms with Gasteiger partial charge in [-0.1, -0.05) is 60.1 Å². The maximum Gasteiger partial charge on any atom is 0.315 e. The molecule has 16 heteroatoms. The molecule has 8 aliphatic rings. The molecule has 0 aromatic heterocycles. The first-order chi connectivity index (χ1) is 29.4. The lowest BCUT2D eigenvalue weighted by Crippen LogP contribution is -2.66. The van der Waals surface area contributed by atoms with Gasteiger partial charge >= 0.3 is 5.97 Å². The SMILES string of the molecule is C[C@@H]1O[C@@H](OC(=O)[C@]23CCC(C)(C)C[C@H]2C2=CC[C@@H]4[C@@]5(C)CC[C@H](O[C@@H]6O[C@H](CO)[C@@H](O)[C@H](O)[C@H]6O[C@@H]6OC[C@@H](O)[C@H](O)[C@H]6O)C(C)(C)[C@@H]5CC[C@@]4(C)[C@]2(C)CC3)[C@H](O)[C@H](O)[C@H]1O. The molecule has 16 nitrogen and oxygen atoms in total. The number of allylic oxidation sites excluding steroid dienone is 2. The summed E-state index contributed by atoms with van der Waals surface area (Å²) in [6.45, 7) is 17.0. The normalized spacial score (nSPS) is 54.1. The summed E-state index contributed by atoms with van der Waals surface area (Å²) in [7, 11) is 0. The van der Waals surface area contributed by atoms with Gasteiger partial charge in [0.15, 0.2) is 12.6 Å². The van der Waals surface area contributed by atoms with E-state index in [1.54, 1.807) is 6.92 Å². The van der Waals surface area contributed by atoms with Gasteiger partial charge in [-0.05, 0) is 116 Å². The number of esters is 1. The van der Waals surface area contributed by atoms with Crippen molar-refractivity contribution in [1.82, 2.24) is 0 Å². The number of carbonyl (C=O) groups is 1. The van der Waals surface area contributed by atoms with Gasteiger partial charge in [0.2, 0.25) is 6.29 Å². The summed E-state index contributed by atoms with van der Waals surface area (Å²) in [5.41, 5.74) is -0.363. The molecule has 3 heterocycles. The van der Waals surface area contributed by atoms with E-state index >= 15 is 0 Å². The van der Waals surface area contributed by atoms with E-state index in [1.165, 1.54) is 5.57 Å². The van der Waals surface area contributed by atoms with E-state index in [2.05, 4.69) is 54.5 Å². The molecule has 8 rings (SSSR count). The molecule has 360 valence electrons. The Bertz CT molecular complexity index is 1720. The van der Waals surface area contributed by atoms with Crippen molar-refractivity contribution in [2.45, 2.75) is 212 Å². The highest BCUT2D eigenvalue weighted by atomic mass is 16.8. The van der Waals surface area contributed by atoms with Crippen molar-refractivity contribution < 1.29 is 79.2 Å². The van der Waals surface area contributed by atoms with Crippen LogP contribution >= 0.6 is 0 Å². The van der Waals surface area contributed by atoms with E-state index < -0.39 is 116 Å². The van der Waals surface area contributed by atoms with Crippen molar-refractivity contribution in [3.8, 4) is 0 Å². The Kier molecular flexibility index (Phi) is 12.8. The van der Waals surface area contributed by atoms with Gasteiger partial charge in [0.05, 0.1) is 30.8 Å². The van der Waals surface area contributed by atoms with Crippen LogP contribution in [0.3, 0.4) is 0 Å². The minimum atomic E-state index is -1.65. The lowest BCUT2D eigenvalue weighted by molar-refractivity contribution is -0.370. The Morgan fingerprint density at radius 3 is 2.10 bits per heavy atom. The Morgan fingerprint density at radius 2 is 1.40 bits per heavy atom. The summed E-state index contributed by atoms with van der Waals surface area (Å²) in [6, 6.07) is 0. The van der Waals surface area contributed by atoms with Crippen LogP contribution < -0.4 is 0 Å². The van der Waals surface area contributed by atoms with Crippen molar-refractivity contribution in [2.75, 3.05) is 13.2 Å². The third-order valence-corrected chi connectivity index (χ3v) is 18.9. The van der Waals surface area contributed by atoms with E-state index in [-0.39, 0.29) is 40.1 Å². The molecule has 4 saturated carbocycles. The second-order valence-electron chi connectivity index (χ2n) is 23.0. The predicted octanol–water partition coefficient (Wildman–Crippen LogP) is 1.81. The largest absolute Gasteiger partial charge is 0.432 e. The number of aliphatic hydroxyl groups is 9. The maximum absolute atomic E-state index is 14.6. The smallest absolute Gasteiger partial charge is 0.315 e. The second kappa shape index (κ2) is 16.7. The highest BCUT2D eigenvalue weighted by Gasteiger charge is 2.70. The number of aliphatic hydroxyl groups excluding tert-OH is 9. The molecule has 3 aliphatic heterocycles. The Labute approximate surface area is 371 Å². The van der Waals surface area contributed by atoms with Crippen LogP contribution in [0.5, 0.6) is 0 Å². The van der Waals surface area contributed by atoms with Gasteiger partial charge in [0.25, 0.3) is 0 Å². The maximum atomic E-state index is 14.6. The number of carbonyl (C=O) groups excluding carboxylic acids is 1. The van der Waals surface area contributed by atoms with Gasteiger partial charge < -0.3 is 74.4 Å². The molecule has 0 aromatic carbocycles. The molecule has 3 saturated heterocycles. The fourth-order valence-electron chi connectivity index (χ4n) is 14.7. The molecule has 63 heavy (non-hydrogen) atoms. The van der Waals surface area contributed by atoms with Crippen molar-refractivity contribution in [3.63, 3.8) is 0 Å². The Hall–Kier alpha value is -1.35. The van der Waals surface area contributed by atoms with Crippen LogP contribution in [-0.4, -0.2) is 157 Å². The highest BCUT2D eigenvalue weighted by molar-refractivity contribution is 5.79. The first-order valence-electron chi connectivity index (χ1n) is 23.6. The highest BCUT2D eigenvalue weighted by Crippen LogP contribution is 2.76. The summed E-state index contributed by atoms with van der Waals surface area (Å²) in [5.74, 6) is 0.0193. The molecule has 0 unspecified atom stereocenters. The summed E-state index contributed by atoms with van der Waals surface area (Å²) < 4.78 is 36.2. The molecule has 0 amide bonds. The minimum absolute atomic E-state index is 0.0165. The van der Waals surface area contributed by atoms with Gasteiger partial charge in [-0.25, -0.2) is 0 Å². The van der Waals surface area contributed by atoms with Crippen molar-refractivity contribution in [2.24, 2.45) is 50.2 Å². The fourth-order valence-corrected chi connectivity index (χ4v) is 14.7. The van der Waals surface area contributed by atoms with Gasteiger partial charge in [-0.2, -0.15) is 0 Å². The number of fused-ring (bicyclic) bond motifs is 7. The van der Waals surface area contributed by atoms with Crippen LogP contribution in [0, 0.1) is 50.2 Å². The molecule has 5 aliphatic carbocycles. The molecule has 0 bridgehead atoms. The topological polar surface area (TPSA) is 255 Å². The lowest BCUT2D eigenvalue weighted by atomic mass is 9.33. The van der Waals surface area contributed by atoms with Gasteiger partial charge in [-0.15, -0.1) is 0 Å². The number of hydrogen-bond donors (Lipinski definition) is 9.